The first-order valence-electron chi connectivity index (χ1n) is 12.9. The maximum atomic E-state index is 8.67. The first-order valence-corrected chi connectivity index (χ1v) is 12.9. The molecule has 2 aromatic rings. The van der Waals surface area contributed by atoms with Gasteiger partial charge in [-0.05, 0) is 44.2 Å². The fourth-order valence-electron chi connectivity index (χ4n) is 5.69. The highest BCUT2D eigenvalue weighted by atomic mass is 16.5. The first-order chi connectivity index (χ1) is 17.4. The molecule has 2 heterocycles. The van der Waals surface area contributed by atoms with Gasteiger partial charge in [0.1, 0.15) is 5.84 Å². The minimum Gasteiger partial charge on any atom is -0.493 e. The summed E-state index contributed by atoms with van der Waals surface area (Å²) in [7, 11) is 3.24. The summed E-state index contributed by atoms with van der Waals surface area (Å²) in [5, 5.41) is 15.9. The Balaban J connectivity index is 1.36. The van der Waals surface area contributed by atoms with Gasteiger partial charge in [-0.1, -0.05) is 36.8 Å². The zero-order valence-corrected chi connectivity index (χ0v) is 21.6. The number of methoxy groups -OCH3 is 2. The van der Waals surface area contributed by atoms with Gasteiger partial charge in [-0.3, -0.25) is 10.7 Å². The highest BCUT2D eigenvalue weighted by Crippen LogP contribution is 2.39. The fourth-order valence-corrected chi connectivity index (χ4v) is 5.69. The SMILES string of the molecule is COc1cc2c(cc1OC)C(N)=NC(C)(NCC1(c3ccccc3)CCN(C(=N)C3CCC3)CC1)N2. The van der Waals surface area contributed by atoms with Crippen LogP contribution in [0.5, 0.6) is 11.5 Å². The molecule has 1 saturated carbocycles. The fraction of sp³-hybridized carbons (Fsp3) is 0.500. The largest absolute Gasteiger partial charge is 0.493 e. The summed E-state index contributed by atoms with van der Waals surface area (Å²) in [5.41, 5.74) is 9.36. The van der Waals surface area contributed by atoms with Crippen LogP contribution in [-0.4, -0.2) is 56.2 Å². The van der Waals surface area contributed by atoms with E-state index in [1.54, 1.807) is 14.2 Å². The second-order valence-corrected chi connectivity index (χ2v) is 10.4. The number of hydrogen-bond donors (Lipinski definition) is 4. The van der Waals surface area contributed by atoms with E-state index in [-0.39, 0.29) is 5.41 Å². The Kier molecular flexibility index (Phi) is 6.55. The zero-order valence-electron chi connectivity index (χ0n) is 21.6. The van der Waals surface area contributed by atoms with E-state index < -0.39 is 5.79 Å². The molecule has 0 amide bonds. The predicted molar refractivity (Wildman–Crippen MR) is 144 cm³/mol. The highest BCUT2D eigenvalue weighted by molar-refractivity contribution is 6.05. The second-order valence-electron chi connectivity index (χ2n) is 10.4. The van der Waals surface area contributed by atoms with Gasteiger partial charge in [-0.15, -0.1) is 0 Å². The third kappa shape index (κ3) is 4.50. The van der Waals surface area contributed by atoms with E-state index in [1.807, 2.05) is 19.1 Å². The van der Waals surface area contributed by atoms with Crippen molar-refractivity contribution >= 4 is 17.4 Å². The van der Waals surface area contributed by atoms with Gasteiger partial charge in [0, 0.05) is 42.6 Å². The van der Waals surface area contributed by atoms with Gasteiger partial charge in [0.05, 0.1) is 25.7 Å². The van der Waals surface area contributed by atoms with Gasteiger partial charge < -0.3 is 25.4 Å². The Hall–Kier alpha value is -3.26. The number of ether oxygens (including phenoxy) is 2. The Morgan fingerprint density at radius 3 is 2.42 bits per heavy atom. The molecule has 2 fully saturated rings. The zero-order chi connectivity index (χ0) is 25.3. The lowest BCUT2D eigenvalue weighted by molar-refractivity contribution is 0.193. The summed E-state index contributed by atoms with van der Waals surface area (Å²) in [6.45, 7) is 4.56. The van der Waals surface area contributed by atoms with Gasteiger partial charge in [-0.2, -0.15) is 0 Å². The summed E-state index contributed by atoms with van der Waals surface area (Å²) >= 11 is 0. The van der Waals surface area contributed by atoms with E-state index in [0.29, 0.717) is 23.3 Å². The van der Waals surface area contributed by atoms with E-state index in [2.05, 4.69) is 45.9 Å². The smallest absolute Gasteiger partial charge is 0.184 e. The van der Waals surface area contributed by atoms with Crippen molar-refractivity contribution in [1.29, 1.82) is 5.41 Å². The number of rotatable bonds is 7. The number of benzene rings is 2. The molecule has 2 aromatic carbocycles. The number of fused-ring (bicyclic) bond motifs is 1. The van der Waals surface area contributed by atoms with Crippen LogP contribution < -0.4 is 25.8 Å². The van der Waals surface area contributed by atoms with Crippen molar-refractivity contribution in [3.63, 3.8) is 0 Å². The van der Waals surface area contributed by atoms with Crippen LogP contribution in [0.1, 0.15) is 50.2 Å². The number of amidine groups is 2. The average Bonchev–Trinajstić information content (AvgIpc) is 2.86. The molecule has 2 aliphatic heterocycles. The van der Waals surface area contributed by atoms with Crippen LogP contribution in [0.25, 0.3) is 0 Å². The predicted octanol–water partition coefficient (Wildman–Crippen LogP) is 3.91. The normalized spacial score (nSPS) is 23.1. The summed E-state index contributed by atoms with van der Waals surface area (Å²) < 4.78 is 10.9. The standard InChI is InChI=1S/C28H38N6O2/c1-27(32-22-17-24(36-3)23(35-2)16-21(22)25(29)33-27)31-18-28(20-10-5-4-6-11-20)12-14-34(15-13-28)26(30)19-8-7-9-19/h4-6,10-11,16-17,19,30-32H,7-9,12-15,18H2,1-3H3,(H2,29,33). The molecule has 1 atom stereocenters. The van der Waals surface area contributed by atoms with Crippen molar-refractivity contribution in [2.24, 2.45) is 16.6 Å². The quantitative estimate of drug-likeness (QED) is 0.346. The number of hydrogen-bond acceptors (Lipinski definition) is 7. The molecular weight excluding hydrogens is 452 g/mol. The summed E-state index contributed by atoms with van der Waals surface area (Å²) in [4.78, 5) is 7.12. The van der Waals surface area contributed by atoms with E-state index in [4.69, 9.17) is 25.6 Å². The molecule has 5 N–H and O–H groups in total. The van der Waals surface area contributed by atoms with Gasteiger partial charge in [0.25, 0.3) is 0 Å². The number of piperidine rings is 1. The lowest BCUT2D eigenvalue weighted by Gasteiger charge is -2.46. The highest BCUT2D eigenvalue weighted by Gasteiger charge is 2.40. The van der Waals surface area contributed by atoms with Gasteiger partial charge in [0.2, 0.25) is 0 Å². The molecule has 192 valence electrons. The minimum atomic E-state index is -0.770. The topological polar surface area (TPSA) is 108 Å². The number of nitrogens with zero attached hydrogens (tertiary/aromatic N) is 2. The van der Waals surface area contributed by atoms with Crippen molar-refractivity contribution in [2.75, 3.05) is 39.2 Å². The molecular formula is C28H38N6O2. The molecule has 1 saturated heterocycles. The number of anilines is 1. The number of aliphatic imine (C=N–C) groups is 1. The maximum absolute atomic E-state index is 8.67. The van der Waals surface area contributed by atoms with Crippen LogP contribution in [0.3, 0.4) is 0 Å². The molecule has 0 radical (unpaired) electrons. The third-order valence-electron chi connectivity index (χ3n) is 8.23. The van der Waals surface area contributed by atoms with Crippen molar-refractivity contribution in [3.8, 4) is 11.5 Å². The summed E-state index contributed by atoms with van der Waals surface area (Å²) in [5.74, 6) is 2.25. The number of nitrogens with two attached hydrogens (primary N) is 1. The molecule has 1 unspecified atom stereocenters. The van der Waals surface area contributed by atoms with Crippen LogP contribution in [0.2, 0.25) is 0 Å². The van der Waals surface area contributed by atoms with Crippen LogP contribution >= 0.6 is 0 Å². The number of nitrogens with one attached hydrogen (secondary N) is 3. The van der Waals surface area contributed by atoms with Crippen LogP contribution in [0.15, 0.2) is 47.5 Å². The van der Waals surface area contributed by atoms with E-state index in [9.17, 15) is 0 Å². The molecule has 1 aliphatic carbocycles. The molecule has 8 heteroatoms. The summed E-state index contributed by atoms with van der Waals surface area (Å²) in [6.07, 6.45) is 5.56. The molecule has 0 aromatic heterocycles. The van der Waals surface area contributed by atoms with Crippen molar-refractivity contribution < 1.29 is 9.47 Å². The van der Waals surface area contributed by atoms with Crippen LogP contribution in [0, 0.1) is 11.3 Å². The summed E-state index contributed by atoms with van der Waals surface area (Å²) in [6, 6.07) is 14.5. The van der Waals surface area contributed by atoms with Crippen LogP contribution in [-0.2, 0) is 5.41 Å². The van der Waals surface area contributed by atoms with Crippen molar-refractivity contribution in [1.82, 2.24) is 10.2 Å². The maximum Gasteiger partial charge on any atom is 0.184 e. The Morgan fingerprint density at radius 2 is 1.81 bits per heavy atom. The third-order valence-corrected chi connectivity index (χ3v) is 8.23. The second kappa shape index (κ2) is 9.65. The molecule has 0 bridgehead atoms. The molecule has 8 nitrogen and oxygen atoms in total. The van der Waals surface area contributed by atoms with Crippen LogP contribution in [0.4, 0.5) is 5.69 Å². The minimum absolute atomic E-state index is 0.0511. The molecule has 3 aliphatic rings. The monoisotopic (exact) mass is 490 g/mol. The van der Waals surface area contributed by atoms with E-state index in [0.717, 1.165) is 49.6 Å². The van der Waals surface area contributed by atoms with E-state index in [1.165, 1.54) is 24.8 Å². The first kappa shape index (κ1) is 24.4. The van der Waals surface area contributed by atoms with Crippen molar-refractivity contribution in [3.05, 3.63) is 53.6 Å². The molecule has 0 spiro atoms. The number of likely N-dealkylation sites (tertiary alicyclic amines) is 1. The van der Waals surface area contributed by atoms with Gasteiger partial charge >= 0.3 is 0 Å². The Labute approximate surface area is 213 Å². The van der Waals surface area contributed by atoms with Gasteiger partial charge in [-0.25, -0.2) is 4.99 Å². The molecule has 5 rings (SSSR count). The Morgan fingerprint density at radius 1 is 1.14 bits per heavy atom. The Bertz CT molecular complexity index is 1140. The van der Waals surface area contributed by atoms with E-state index >= 15 is 0 Å². The van der Waals surface area contributed by atoms with Crippen molar-refractivity contribution in [2.45, 2.75) is 50.2 Å². The van der Waals surface area contributed by atoms with Gasteiger partial charge in [0.15, 0.2) is 17.3 Å². The lowest BCUT2D eigenvalue weighted by atomic mass is 9.72. The average molecular weight is 491 g/mol. The molecule has 36 heavy (non-hydrogen) atoms. The lowest BCUT2D eigenvalue weighted by Crippen LogP contribution is -2.57.